The maximum atomic E-state index is 8.91. The van der Waals surface area contributed by atoms with E-state index in [4.69, 9.17) is 5.11 Å². The third kappa shape index (κ3) is 3.29. The number of hydrogen-bond donors (Lipinski definition) is 1. The van der Waals surface area contributed by atoms with Crippen LogP contribution in [0.15, 0.2) is 18.3 Å². The highest BCUT2D eigenvalue weighted by molar-refractivity contribution is 5.13. The van der Waals surface area contributed by atoms with Crippen LogP contribution in [0.25, 0.3) is 0 Å². The molecule has 0 amide bonds. The van der Waals surface area contributed by atoms with Crippen molar-refractivity contribution in [1.82, 2.24) is 9.88 Å². The monoisotopic (exact) mass is 220 g/mol. The molecular weight excluding hydrogens is 200 g/mol. The van der Waals surface area contributed by atoms with Crippen LogP contribution in [0, 0.1) is 0 Å². The molecule has 0 bridgehead atoms. The standard InChI is InChI=1S/C13H20N2O/c16-11-12-4-5-13(14-10-12)6-9-15-7-2-1-3-8-15/h4-5,10,16H,1-3,6-9,11H2. The molecule has 0 radical (unpaired) electrons. The zero-order valence-electron chi connectivity index (χ0n) is 9.73. The zero-order chi connectivity index (χ0) is 11.2. The Kier molecular flexibility index (Phi) is 4.31. The van der Waals surface area contributed by atoms with Crippen molar-refractivity contribution in [2.24, 2.45) is 0 Å². The summed E-state index contributed by atoms with van der Waals surface area (Å²) >= 11 is 0. The molecule has 3 heteroatoms. The first-order chi connectivity index (χ1) is 7.88. The molecule has 2 rings (SSSR count). The van der Waals surface area contributed by atoms with Crippen LogP contribution < -0.4 is 0 Å². The molecule has 1 aliphatic rings. The lowest BCUT2D eigenvalue weighted by Gasteiger charge is -2.26. The molecule has 1 aliphatic heterocycles. The van der Waals surface area contributed by atoms with Gasteiger partial charge in [0.2, 0.25) is 0 Å². The topological polar surface area (TPSA) is 36.4 Å². The first-order valence-electron chi connectivity index (χ1n) is 6.15. The van der Waals surface area contributed by atoms with Crippen molar-refractivity contribution in [3.63, 3.8) is 0 Å². The van der Waals surface area contributed by atoms with E-state index in [1.807, 2.05) is 12.1 Å². The molecule has 3 nitrogen and oxygen atoms in total. The molecule has 1 fully saturated rings. The van der Waals surface area contributed by atoms with E-state index >= 15 is 0 Å². The second-order valence-electron chi connectivity index (χ2n) is 4.47. The van der Waals surface area contributed by atoms with E-state index in [1.54, 1.807) is 6.20 Å². The van der Waals surface area contributed by atoms with Crippen molar-refractivity contribution in [3.05, 3.63) is 29.6 Å². The SMILES string of the molecule is OCc1ccc(CCN2CCCCC2)nc1. The van der Waals surface area contributed by atoms with Crippen LogP contribution in [-0.2, 0) is 13.0 Å². The van der Waals surface area contributed by atoms with Gasteiger partial charge in [0, 0.05) is 24.9 Å². The fourth-order valence-corrected chi connectivity index (χ4v) is 2.15. The molecule has 0 aliphatic carbocycles. The number of aromatic nitrogens is 1. The van der Waals surface area contributed by atoms with Gasteiger partial charge in [0.1, 0.15) is 0 Å². The van der Waals surface area contributed by atoms with Crippen LogP contribution in [0.4, 0.5) is 0 Å². The quantitative estimate of drug-likeness (QED) is 0.837. The second kappa shape index (κ2) is 5.97. The van der Waals surface area contributed by atoms with Crippen LogP contribution in [-0.4, -0.2) is 34.6 Å². The largest absolute Gasteiger partial charge is 0.392 e. The van der Waals surface area contributed by atoms with Gasteiger partial charge in [-0.1, -0.05) is 12.5 Å². The highest BCUT2D eigenvalue weighted by atomic mass is 16.3. The maximum absolute atomic E-state index is 8.91. The van der Waals surface area contributed by atoms with Crippen LogP contribution in [0.3, 0.4) is 0 Å². The lowest BCUT2D eigenvalue weighted by molar-refractivity contribution is 0.231. The molecule has 1 saturated heterocycles. The molecule has 1 aromatic rings. The molecule has 1 aromatic heterocycles. The van der Waals surface area contributed by atoms with Crippen molar-refractivity contribution in [2.45, 2.75) is 32.3 Å². The minimum absolute atomic E-state index is 0.0827. The maximum Gasteiger partial charge on any atom is 0.0696 e. The molecule has 2 heterocycles. The summed E-state index contributed by atoms with van der Waals surface area (Å²) in [4.78, 5) is 6.87. The van der Waals surface area contributed by atoms with E-state index < -0.39 is 0 Å². The number of aliphatic hydroxyl groups is 1. The summed E-state index contributed by atoms with van der Waals surface area (Å²) in [6.07, 6.45) is 6.87. The molecule has 16 heavy (non-hydrogen) atoms. The van der Waals surface area contributed by atoms with E-state index in [1.165, 1.54) is 32.4 Å². The molecule has 0 saturated carbocycles. The average molecular weight is 220 g/mol. The third-order valence-electron chi connectivity index (χ3n) is 3.20. The van der Waals surface area contributed by atoms with E-state index in [-0.39, 0.29) is 6.61 Å². The van der Waals surface area contributed by atoms with Gasteiger partial charge in [-0.05, 0) is 37.6 Å². The Morgan fingerprint density at radius 2 is 2.00 bits per heavy atom. The zero-order valence-corrected chi connectivity index (χ0v) is 9.73. The first kappa shape index (κ1) is 11.6. The van der Waals surface area contributed by atoms with Gasteiger partial charge in [0.05, 0.1) is 6.61 Å². The first-order valence-corrected chi connectivity index (χ1v) is 6.15. The number of rotatable bonds is 4. The van der Waals surface area contributed by atoms with Crippen LogP contribution >= 0.6 is 0 Å². The van der Waals surface area contributed by atoms with Crippen molar-refractivity contribution in [2.75, 3.05) is 19.6 Å². The van der Waals surface area contributed by atoms with E-state index in [9.17, 15) is 0 Å². The Balaban J connectivity index is 1.79. The van der Waals surface area contributed by atoms with Gasteiger partial charge in [0.25, 0.3) is 0 Å². The van der Waals surface area contributed by atoms with E-state index in [0.717, 1.165) is 24.2 Å². The molecule has 0 spiro atoms. The predicted octanol–water partition coefficient (Wildman–Crippen LogP) is 1.60. The van der Waals surface area contributed by atoms with Crippen molar-refractivity contribution < 1.29 is 5.11 Å². The van der Waals surface area contributed by atoms with Crippen molar-refractivity contribution in [1.29, 1.82) is 0 Å². The van der Waals surface area contributed by atoms with Crippen LogP contribution in [0.5, 0.6) is 0 Å². The highest BCUT2D eigenvalue weighted by Gasteiger charge is 2.09. The van der Waals surface area contributed by atoms with Gasteiger partial charge in [-0.2, -0.15) is 0 Å². The smallest absolute Gasteiger partial charge is 0.0696 e. The summed E-state index contributed by atoms with van der Waals surface area (Å²) < 4.78 is 0. The number of hydrogen-bond acceptors (Lipinski definition) is 3. The number of pyridine rings is 1. The van der Waals surface area contributed by atoms with Gasteiger partial charge in [-0.15, -0.1) is 0 Å². The Morgan fingerprint density at radius 3 is 2.62 bits per heavy atom. The number of nitrogens with zero attached hydrogens (tertiary/aromatic N) is 2. The van der Waals surface area contributed by atoms with E-state index in [2.05, 4.69) is 9.88 Å². The normalized spacial score (nSPS) is 17.6. The molecule has 0 atom stereocenters. The number of aliphatic hydroxyl groups excluding tert-OH is 1. The minimum atomic E-state index is 0.0827. The Labute approximate surface area is 97.1 Å². The predicted molar refractivity (Wildman–Crippen MR) is 64.2 cm³/mol. The molecular formula is C13H20N2O. The molecule has 0 unspecified atom stereocenters. The fourth-order valence-electron chi connectivity index (χ4n) is 2.15. The summed E-state index contributed by atoms with van der Waals surface area (Å²) in [5, 5.41) is 8.91. The number of likely N-dealkylation sites (tertiary alicyclic amines) is 1. The highest BCUT2D eigenvalue weighted by Crippen LogP contribution is 2.09. The van der Waals surface area contributed by atoms with Crippen LogP contribution in [0.1, 0.15) is 30.5 Å². The second-order valence-corrected chi connectivity index (χ2v) is 4.47. The lowest BCUT2D eigenvalue weighted by atomic mass is 10.1. The van der Waals surface area contributed by atoms with Gasteiger partial charge in [-0.3, -0.25) is 4.98 Å². The van der Waals surface area contributed by atoms with Gasteiger partial charge >= 0.3 is 0 Å². The Morgan fingerprint density at radius 1 is 1.19 bits per heavy atom. The van der Waals surface area contributed by atoms with Crippen molar-refractivity contribution >= 4 is 0 Å². The Hall–Kier alpha value is -0.930. The summed E-state index contributed by atoms with van der Waals surface area (Å²) in [5.74, 6) is 0. The molecule has 88 valence electrons. The molecule has 1 N–H and O–H groups in total. The summed E-state index contributed by atoms with van der Waals surface area (Å²) in [6.45, 7) is 3.69. The third-order valence-corrected chi connectivity index (χ3v) is 3.20. The summed E-state index contributed by atoms with van der Waals surface area (Å²) in [7, 11) is 0. The average Bonchev–Trinajstić information content (AvgIpc) is 2.38. The Bertz CT molecular complexity index is 304. The minimum Gasteiger partial charge on any atom is -0.392 e. The van der Waals surface area contributed by atoms with Gasteiger partial charge in [0.15, 0.2) is 0 Å². The van der Waals surface area contributed by atoms with Crippen LogP contribution in [0.2, 0.25) is 0 Å². The van der Waals surface area contributed by atoms with Crippen molar-refractivity contribution in [3.8, 4) is 0 Å². The number of piperidine rings is 1. The summed E-state index contributed by atoms with van der Waals surface area (Å²) in [6, 6.07) is 3.98. The lowest BCUT2D eigenvalue weighted by Crippen LogP contribution is -2.31. The molecule has 0 aromatic carbocycles. The van der Waals surface area contributed by atoms with Gasteiger partial charge < -0.3 is 10.0 Å². The van der Waals surface area contributed by atoms with E-state index in [0.29, 0.717) is 0 Å². The fraction of sp³-hybridized carbons (Fsp3) is 0.615. The summed E-state index contributed by atoms with van der Waals surface area (Å²) in [5.41, 5.74) is 2.02. The van der Waals surface area contributed by atoms with Gasteiger partial charge in [-0.25, -0.2) is 0 Å².